The number of nitrogens with one attached hydrogen (secondary N) is 1. The maximum atomic E-state index is 5.22. The van der Waals surface area contributed by atoms with Gasteiger partial charge in [-0.1, -0.05) is 0 Å². The summed E-state index contributed by atoms with van der Waals surface area (Å²) >= 11 is 5.06. The van der Waals surface area contributed by atoms with E-state index in [1.807, 2.05) is 29.8 Å². The van der Waals surface area contributed by atoms with Gasteiger partial charge in [0, 0.05) is 23.3 Å². The average Bonchev–Trinajstić information content (AvgIpc) is 2.81. The number of hydrogen-bond acceptors (Lipinski definition) is 4. The van der Waals surface area contributed by atoms with Gasteiger partial charge in [0.25, 0.3) is 0 Å². The lowest BCUT2D eigenvalue weighted by Crippen LogP contribution is -1.99. The maximum Gasteiger partial charge on any atom is 0.135 e. The molecule has 2 aromatic rings. The Morgan fingerprint density at radius 3 is 3.06 bits per heavy atom. The molecular formula is C11H11BrN2OS. The number of nitrogens with zero attached hydrogens (tertiary/aromatic N) is 1. The molecule has 1 aromatic carbocycles. The molecule has 0 aliphatic heterocycles. The van der Waals surface area contributed by atoms with Crippen LogP contribution in [0.3, 0.4) is 0 Å². The zero-order chi connectivity index (χ0) is 11.4. The van der Waals surface area contributed by atoms with Gasteiger partial charge in [0.1, 0.15) is 10.8 Å². The van der Waals surface area contributed by atoms with Crippen LogP contribution in [-0.4, -0.2) is 12.1 Å². The van der Waals surface area contributed by atoms with Crippen molar-refractivity contribution in [3.8, 4) is 5.75 Å². The van der Waals surface area contributed by atoms with E-state index in [1.54, 1.807) is 18.4 Å². The predicted octanol–water partition coefficient (Wildman–Crippen LogP) is 3.53. The van der Waals surface area contributed by atoms with Gasteiger partial charge >= 0.3 is 0 Å². The summed E-state index contributed by atoms with van der Waals surface area (Å²) in [5, 5.41) is 6.34. The fourth-order valence-corrected chi connectivity index (χ4v) is 2.25. The number of aromatic nitrogens is 1. The molecule has 16 heavy (non-hydrogen) atoms. The molecule has 0 atom stereocenters. The number of ether oxygens (including phenoxy) is 1. The van der Waals surface area contributed by atoms with Crippen LogP contribution in [0.15, 0.2) is 34.2 Å². The lowest BCUT2D eigenvalue weighted by atomic mass is 10.3. The topological polar surface area (TPSA) is 34.1 Å². The molecule has 1 aromatic heterocycles. The Morgan fingerprint density at radius 2 is 2.38 bits per heavy atom. The first-order valence-electron chi connectivity index (χ1n) is 4.75. The van der Waals surface area contributed by atoms with E-state index >= 15 is 0 Å². The normalized spacial score (nSPS) is 10.1. The molecule has 0 saturated carbocycles. The van der Waals surface area contributed by atoms with Crippen LogP contribution in [0.5, 0.6) is 5.75 Å². The van der Waals surface area contributed by atoms with Gasteiger partial charge in [-0.3, -0.25) is 0 Å². The standard InChI is InChI=1S/C11H11BrN2OS/c1-15-10-6-8(2-3-9(10)12)14-7-11-13-4-5-16-11/h2-6,14H,7H2,1H3. The molecule has 2 rings (SSSR count). The molecule has 0 unspecified atom stereocenters. The summed E-state index contributed by atoms with van der Waals surface area (Å²) in [5.74, 6) is 0.823. The van der Waals surface area contributed by atoms with Crippen LogP contribution in [0.25, 0.3) is 0 Å². The lowest BCUT2D eigenvalue weighted by molar-refractivity contribution is 0.412. The molecule has 84 valence electrons. The highest BCUT2D eigenvalue weighted by molar-refractivity contribution is 9.10. The summed E-state index contributed by atoms with van der Waals surface area (Å²) in [6.07, 6.45) is 1.81. The van der Waals surface area contributed by atoms with Crippen LogP contribution in [-0.2, 0) is 6.54 Å². The van der Waals surface area contributed by atoms with Gasteiger partial charge in [-0.25, -0.2) is 4.98 Å². The Morgan fingerprint density at radius 1 is 1.50 bits per heavy atom. The molecule has 0 spiro atoms. The molecule has 0 radical (unpaired) electrons. The highest BCUT2D eigenvalue weighted by Gasteiger charge is 2.01. The van der Waals surface area contributed by atoms with Crippen LogP contribution >= 0.6 is 27.3 Å². The third-order valence-electron chi connectivity index (χ3n) is 2.08. The monoisotopic (exact) mass is 298 g/mol. The van der Waals surface area contributed by atoms with Gasteiger partial charge in [0.2, 0.25) is 0 Å². The van der Waals surface area contributed by atoms with Gasteiger partial charge in [-0.15, -0.1) is 11.3 Å². The Labute approximate surface area is 107 Å². The van der Waals surface area contributed by atoms with E-state index < -0.39 is 0 Å². The van der Waals surface area contributed by atoms with E-state index in [1.165, 1.54) is 0 Å². The zero-order valence-corrected chi connectivity index (χ0v) is 11.1. The summed E-state index contributed by atoms with van der Waals surface area (Å²) in [7, 11) is 1.66. The van der Waals surface area contributed by atoms with Gasteiger partial charge in [-0.05, 0) is 28.1 Å². The quantitative estimate of drug-likeness (QED) is 0.938. The van der Waals surface area contributed by atoms with Gasteiger partial charge < -0.3 is 10.1 Å². The lowest BCUT2D eigenvalue weighted by Gasteiger charge is -2.08. The molecule has 0 aliphatic rings. The Balaban J connectivity index is 2.04. The first-order valence-corrected chi connectivity index (χ1v) is 6.42. The smallest absolute Gasteiger partial charge is 0.135 e. The molecule has 0 saturated heterocycles. The first kappa shape index (κ1) is 11.4. The SMILES string of the molecule is COc1cc(NCc2nccs2)ccc1Br. The molecule has 0 amide bonds. The summed E-state index contributed by atoms with van der Waals surface area (Å²) in [6.45, 7) is 0.739. The number of hydrogen-bond donors (Lipinski definition) is 1. The maximum absolute atomic E-state index is 5.22. The van der Waals surface area contributed by atoms with Crippen molar-refractivity contribution in [2.24, 2.45) is 0 Å². The fraction of sp³-hybridized carbons (Fsp3) is 0.182. The third-order valence-corrected chi connectivity index (χ3v) is 3.51. The fourth-order valence-electron chi connectivity index (χ4n) is 1.29. The highest BCUT2D eigenvalue weighted by atomic mass is 79.9. The molecule has 3 nitrogen and oxygen atoms in total. The molecule has 1 heterocycles. The molecule has 0 fully saturated rings. The number of benzene rings is 1. The van der Waals surface area contributed by atoms with Crippen LogP contribution in [0.1, 0.15) is 5.01 Å². The minimum absolute atomic E-state index is 0.739. The van der Waals surface area contributed by atoms with E-state index in [-0.39, 0.29) is 0 Å². The first-order chi connectivity index (χ1) is 7.79. The van der Waals surface area contributed by atoms with E-state index in [0.717, 1.165) is 27.5 Å². The van der Waals surface area contributed by atoms with Crippen LogP contribution in [0, 0.1) is 0 Å². The summed E-state index contributed by atoms with van der Waals surface area (Å²) in [5.41, 5.74) is 1.02. The van der Waals surface area contributed by atoms with Gasteiger partial charge in [-0.2, -0.15) is 0 Å². The van der Waals surface area contributed by atoms with Crippen molar-refractivity contribution in [3.63, 3.8) is 0 Å². The number of anilines is 1. The minimum atomic E-state index is 0.739. The largest absolute Gasteiger partial charge is 0.495 e. The Kier molecular flexibility index (Phi) is 3.79. The Bertz CT molecular complexity index is 459. The average molecular weight is 299 g/mol. The van der Waals surface area contributed by atoms with Crippen molar-refractivity contribution in [1.29, 1.82) is 0 Å². The molecule has 0 bridgehead atoms. The van der Waals surface area contributed by atoms with Crippen molar-refractivity contribution < 1.29 is 4.74 Å². The second-order valence-electron chi connectivity index (χ2n) is 3.13. The van der Waals surface area contributed by atoms with E-state index in [4.69, 9.17) is 4.74 Å². The van der Waals surface area contributed by atoms with Crippen LogP contribution in [0.2, 0.25) is 0 Å². The molecule has 5 heteroatoms. The minimum Gasteiger partial charge on any atom is -0.495 e. The zero-order valence-electron chi connectivity index (χ0n) is 8.74. The highest BCUT2D eigenvalue weighted by Crippen LogP contribution is 2.28. The van der Waals surface area contributed by atoms with Gasteiger partial charge in [0.15, 0.2) is 0 Å². The van der Waals surface area contributed by atoms with E-state index in [0.29, 0.717) is 0 Å². The van der Waals surface area contributed by atoms with Crippen molar-refractivity contribution in [2.75, 3.05) is 12.4 Å². The second kappa shape index (κ2) is 5.32. The van der Waals surface area contributed by atoms with E-state index in [2.05, 4.69) is 26.2 Å². The number of rotatable bonds is 4. The predicted molar refractivity (Wildman–Crippen MR) is 70.1 cm³/mol. The van der Waals surface area contributed by atoms with Crippen LogP contribution < -0.4 is 10.1 Å². The number of methoxy groups -OCH3 is 1. The molecular weight excluding hydrogens is 288 g/mol. The summed E-state index contributed by atoms with van der Waals surface area (Å²) in [6, 6.07) is 5.92. The molecule has 0 aliphatic carbocycles. The van der Waals surface area contributed by atoms with Crippen molar-refractivity contribution in [2.45, 2.75) is 6.54 Å². The summed E-state index contributed by atoms with van der Waals surface area (Å²) in [4.78, 5) is 4.21. The van der Waals surface area contributed by atoms with Crippen molar-refractivity contribution in [3.05, 3.63) is 39.3 Å². The van der Waals surface area contributed by atoms with Crippen molar-refractivity contribution >= 4 is 33.0 Å². The number of thiazole rings is 1. The second-order valence-corrected chi connectivity index (χ2v) is 4.96. The third kappa shape index (κ3) is 2.74. The summed E-state index contributed by atoms with van der Waals surface area (Å²) < 4.78 is 6.18. The Hall–Kier alpha value is -1.07. The van der Waals surface area contributed by atoms with Crippen LogP contribution in [0.4, 0.5) is 5.69 Å². The van der Waals surface area contributed by atoms with E-state index in [9.17, 15) is 0 Å². The van der Waals surface area contributed by atoms with Gasteiger partial charge in [0.05, 0.1) is 18.1 Å². The number of halogens is 1. The molecule has 1 N–H and O–H groups in total. The van der Waals surface area contributed by atoms with Crippen molar-refractivity contribution in [1.82, 2.24) is 4.98 Å².